The van der Waals surface area contributed by atoms with Gasteiger partial charge in [-0.1, -0.05) is 44.6 Å². The third-order valence-electron chi connectivity index (χ3n) is 1.27. The topological polar surface area (TPSA) is 38.0 Å². The van der Waals surface area contributed by atoms with E-state index in [-0.39, 0.29) is 0 Å². The quantitative estimate of drug-likeness (QED) is 0.288. The van der Waals surface area contributed by atoms with Crippen LogP contribution in [0.15, 0.2) is 24.8 Å². The summed E-state index contributed by atoms with van der Waals surface area (Å²) >= 11 is 0. The highest BCUT2D eigenvalue weighted by atomic mass is 15.2. The van der Waals surface area contributed by atoms with E-state index in [1.165, 1.54) is 19.3 Å². The van der Waals surface area contributed by atoms with Crippen molar-refractivity contribution in [3.8, 4) is 0 Å². The summed E-state index contributed by atoms with van der Waals surface area (Å²) in [5.41, 5.74) is 3.62. The van der Waals surface area contributed by atoms with Crippen molar-refractivity contribution >= 4 is 0 Å². The monoisotopic (exact) mass is 170 g/mol. The van der Waals surface area contributed by atoms with Crippen molar-refractivity contribution in [3.05, 3.63) is 24.8 Å². The molecule has 0 aliphatic rings. The Morgan fingerprint density at radius 3 is 2.25 bits per heavy atom. The Morgan fingerprint density at radius 1 is 1.50 bits per heavy atom. The fraction of sp³-hybridized carbons (Fsp3) is 0.600. The van der Waals surface area contributed by atoms with E-state index in [0.29, 0.717) is 0 Å². The van der Waals surface area contributed by atoms with Gasteiger partial charge in [0.15, 0.2) is 0 Å². The Balaban J connectivity index is 0. The summed E-state index contributed by atoms with van der Waals surface area (Å²) in [5.74, 6) is 5.02. The van der Waals surface area contributed by atoms with Gasteiger partial charge in [0.2, 0.25) is 0 Å². The zero-order valence-corrected chi connectivity index (χ0v) is 8.40. The lowest BCUT2D eigenvalue weighted by atomic mass is 10.3. The Labute approximate surface area is 76.5 Å². The van der Waals surface area contributed by atoms with Crippen LogP contribution in [0, 0.1) is 0 Å². The lowest BCUT2D eigenvalue weighted by Crippen LogP contribution is -2.22. The maximum atomic E-state index is 5.02. The Bertz CT molecular complexity index is 104. The second kappa shape index (κ2) is 13.0. The molecule has 0 spiro atoms. The maximum absolute atomic E-state index is 5.02. The fourth-order valence-electron chi connectivity index (χ4n) is 0.477. The molecule has 0 unspecified atom stereocenters. The molecule has 0 radical (unpaired) electrons. The van der Waals surface area contributed by atoms with E-state index in [9.17, 15) is 0 Å². The molecule has 0 saturated carbocycles. The molecule has 0 bridgehead atoms. The van der Waals surface area contributed by atoms with Crippen LogP contribution in [-0.4, -0.2) is 6.54 Å². The highest BCUT2D eigenvalue weighted by molar-refractivity contribution is 5.05. The third kappa shape index (κ3) is 22.7. The number of hydrogen-bond donors (Lipinski definition) is 2. The minimum Gasteiger partial charge on any atom is -0.271 e. The van der Waals surface area contributed by atoms with Gasteiger partial charge in [-0.3, -0.25) is 11.3 Å². The van der Waals surface area contributed by atoms with Gasteiger partial charge in [-0.2, -0.15) is 0 Å². The fourth-order valence-corrected chi connectivity index (χ4v) is 0.477. The standard InChI is InChI=1S/C5H14N2.C5H8/c1-2-3-4-5-7-6;1-4-5(2)3/h7H,2-6H2,1H3;4H,1-2H2,3H3. The van der Waals surface area contributed by atoms with Gasteiger partial charge in [-0.05, 0) is 13.3 Å². The number of unbranched alkanes of at least 4 members (excludes halogenated alkanes) is 2. The zero-order valence-electron chi connectivity index (χ0n) is 8.40. The number of allylic oxidation sites excluding steroid dienone is 2. The molecule has 2 nitrogen and oxygen atoms in total. The van der Waals surface area contributed by atoms with Gasteiger partial charge in [0, 0.05) is 6.54 Å². The molecule has 0 aromatic rings. The van der Waals surface area contributed by atoms with Crippen LogP contribution in [0.1, 0.15) is 33.1 Å². The summed E-state index contributed by atoms with van der Waals surface area (Å²) in [4.78, 5) is 0. The molecule has 0 aromatic heterocycles. The van der Waals surface area contributed by atoms with Crippen molar-refractivity contribution < 1.29 is 0 Å². The second-order valence-electron chi connectivity index (χ2n) is 2.71. The van der Waals surface area contributed by atoms with Crippen molar-refractivity contribution in [2.24, 2.45) is 5.84 Å². The van der Waals surface area contributed by atoms with Crippen LogP contribution in [0.2, 0.25) is 0 Å². The van der Waals surface area contributed by atoms with E-state index in [0.717, 1.165) is 12.1 Å². The average Bonchev–Trinajstić information content (AvgIpc) is 2.07. The summed E-state index contributed by atoms with van der Waals surface area (Å²) in [7, 11) is 0. The predicted molar refractivity (Wildman–Crippen MR) is 56.7 cm³/mol. The molecule has 0 aliphatic carbocycles. The van der Waals surface area contributed by atoms with Crippen LogP contribution in [-0.2, 0) is 0 Å². The molecule has 72 valence electrons. The molecule has 0 fully saturated rings. The minimum absolute atomic E-state index is 0.952. The van der Waals surface area contributed by atoms with Gasteiger partial charge in [0.1, 0.15) is 0 Å². The third-order valence-corrected chi connectivity index (χ3v) is 1.27. The highest BCUT2D eigenvalue weighted by Gasteiger charge is 1.79. The van der Waals surface area contributed by atoms with Gasteiger partial charge >= 0.3 is 0 Å². The van der Waals surface area contributed by atoms with Crippen LogP contribution < -0.4 is 11.3 Å². The highest BCUT2D eigenvalue weighted by Crippen LogP contribution is 1.89. The van der Waals surface area contributed by atoms with Gasteiger partial charge < -0.3 is 0 Å². The first-order chi connectivity index (χ1) is 5.68. The predicted octanol–water partition coefficient (Wildman–Crippen LogP) is 2.39. The van der Waals surface area contributed by atoms with E-state index in [1.54, 1.807) is 6.08 Å². The molecule has 0 heterocycles. The molecule has 0 amide bonds. The van der Waals surface area contributed by atoms with Crippen molar-refractivity contribution in [3.63, 3.8) is 0 Å². The van der Waals surface area contributed by atoms with Crippen LogP contribution >= 0.6 is 0 Å². The van der Waals surface area contributed by atoms with Gasteiger partial charge in [0.05, 0.1) is 0 Å². The largest absolute Gasteiger partial charge is 0.271 e. The first kappa shape index (κ1) is 14.0. The molecule has 0 aliphatic heterocycles. The number of hydrazine groups is 1. The molecular formula is C10H22N2. The van der Waals surface area contributed by atoms with Gasteiger partial charge in [-0.15, -0.1) is 0 Å². The van der Waals surface area contributed by atoms with Crippen molar-refractivity contribution in [2.45, 2.75) is 33.1 Å². The van der Waals surface area contributed by atoms with Crippen LogP contribution in [0.4, 0.5) is 0 Å². The van der Waals surface area contributed by atoms with Crippen LogP contribution in [0.3, 0.4) is 0 Å². The molecule has 2 heteroatoms. The first-order valence-electron chi connectivity index (χ1n) is 4.40. The maximum Gasteiger partial charge on any atom is 0.00974 e. The number of nitrogens with two attached hydrogens (primary N) is 1. The molecule has 0 aromatic carbocycles. The van der Waals surface area contributed by atoms with Gasteiger partial charge in [-0.25, -0.2) is 0 Å². The molecule has 0 saturated heterocycles. The second-order valence-corrected chi connectivity index (χ2v) is 2.71. The van der Waals surface area contributed by atoms with E-state index in [1.807, 2.05) is 6.92 Å². The van der Waals surface area contributed by atoms with E-state index in [4.69, 9.17) is 5.84 Å². The molecule has 3 N–H and O–H groups in total. The Morgan fingerprint density at radius 2 is 2.00 bits per heavy atom. The lowest BCUT2D eigenvalue weighted by Gasteiger charge is -1.93. The zero-order chi connectivity index (χ0) is 9.82. The van der Waals surface area contributed by atoms with Crippen LogP contribution in [0.5, 0.6) is 0 Å². The summed E-state index contributed by atoms with van der Waals surface area (Å²) < 4.78 is 0. The summed E-state index contributed by atoms with van der Waals surface area (Å²) in [6.07, 6.45) is 5.47. The molecule has 0 atom stereocenters. The first-order valence-corrected chi connectivity index (χ1v) is 4.40. The average molecular weight is 170 g/mol. The SMILES string of the molecule is C=CC(=C)C.CCCCCNN. The summed E-state index contributed by atoms with van der Waals surface area (Å²) in [6, 6.07) is 0. The molecule has 12 heavy (non-hydrogen) atoms. The summed E-state index contributed by atoms with van der Waals surface area (Å²) in [6.45, 7) is 12.1. The smallest absolute Gasteiger partial charge is 0.00974 e. The normalized spacial score (nSPS) is 8.25. The van der Waals surface area contributed by atoms with Gasteiger partial charge in [0.25, 0.3) is 0 Å². The Kier molecular flexibility index (Phi) is 15.1. The van der Waals surface area contributed by atoms with E-state index < -0.39 is 0 Å². The van der Waals surface area contributed by atoms with E-state index in [2.05, 4.69) is 25.5 Å². The van der Waals surface area contributed by atoms with E-state index >= 15 is 0 Å². The minimum atomic E-state index is 0.952. The van der Waals surface area contributed by atoms with Crippen molar-refractivity contribution in [1.29, 1.82) is 0 Å². The molecular weight excluding hydrogens is 148 g/mol. The summed E-state index contributed by atoms with van der Waals surface area (Å²) in [5, 5.41) is 0. The molecule has 0 rings (SSSR count). The van der Waals surface area contributed by atoms with Crippen molar-refractivity contribution in [1.82, 2.24) is 5.43 Å². The number of rotatable bonds is 5. The number of nitrogens with one attached hydrogen (secondary N) is 1. The Hall–Kier alpha value is -0.600. The van der Waals surface area contributed by atoms with Crippen molar-refractivity contribution in [2.75, 3.05) is 6.54 Å². The lowest BCUT2D eigenvalue weighted by molar-refractivity contribution is 0.637. The number of hydrogen-bond acceptors (Lipinski definition) is 2. The van der Waals surface area contributed by atoms with Crippen LogP contribution in [0.25, 0.3) is 0 Å².